The van der Waals surface area contributed by atoms with Gasteiger partial charge in [0, 0.05) is 38.8 Å². The summed E-state index contributed by atoms with van der Waals surface area (Å²) in [5.41, 5.74) is 0.329. The van der Waals surface area contributed by atoms with Crippen LogP contribution in [0.5, 0.6) is 0 Å². The summed E-state index contributed by atoms with van der Waals surface area (Å²) in [5, 5.41) is 3.62. The highest BCUT2D eigenvalue weighted by molar-refractivity contribution is 4.89. The summed E-state index contributed by atoms with van der Waals surface area (Å²) in [4.78, 5) is 2.63. The molecule has 0 saturated carbocycles. The zero-order valence-corrected chi connectivity index (χ0v) is 13.3. The SMILES string of the molecule is CCCNCC1(CN2CCC(COC)C2)CCCOC1. The topological polar surface area (TPSA) is 33.7 Å². The average Bonchev–Trinajstić information content (AvgIpc) is 2.88. The van der Waals surface area contributed by atoms with Gasteiger partial charge in [0.05, 0.1) is 13.2 Å². The molecule has 0 spiro atoms. The molecule has 0 aliphatic carbocycles. The number of rotatable bonds is 8. The first-order valence-electron chi connectivity index (χ1n) is 8.28. The third-order valence-corrected chi connectivity index (χ3v) is 4.66. The van der Waals surface area contributed by atoms with E-state index in [2.05, 4.69) is 17.1 Å². The van der Waals surface area contributed by atoms with Crippen molar-refractivity contribution < 1.29 is 9.47 Å². The fourth-order valence-corrected chi connectivity index (χ4v) is 3.66. The summed E-state index contributed by atoms with van der Waals surface area (Å²) in [5.74, 6) is 0.727. The molecule has 2 rings (SSSR count). The van der Waals surface area contributed by atoms with E-state index in [-0.39, 0.29) is 0 Å². The molecule has 2 saturated heterocycles. The fraction of sp³-hybridized carbons (Fsp3) is 1.00. The van der Waals surface area contributed by atoms with Gasteiger partial charge in [-0.3, -0.25) is 0 Å². The summed E-state index contributed by atoms with van der Waals surface area (Å²) in [6.45, 7) is 10.8. The highest BCUT2D eigenvalue weighted by atomic mass is 16.5. The van der Waals surface area contributed by atoms with Gasteiger partial charge in [0.2, 0.25) is 0 Å². The van der Waals surface area contributed by atoms with Gasteiger partial charge in [-0.25, -0.2) is 0 Å². The quantitative estimate of drug-likeness (QED) is 0.689. The molecule has 0 bridgehead atoms. The molecule has 2 aliphatic rings. The molecule has 0 aromatic rings. The smallest absolute Gasteiger partial charge is 0.0546 e. The molecule has 4 nitrogen and oxygen atoms in total. The van der Waals surface area contributed by atoms with Crippen molar-refractivity contribution in [2.24, 2.45) is 11.3 Å². The van der Waals surface area contributed by atoms with E-state index in [4.69, 9.17) is 9.47 Å². The van der Waals surface area contributed by atoms with Crippen LogP contribution >= 0.6 is 0 Å². The molecular formula is C16H32N2O2. The number of hydrogen-bond acceptors (Lipinski definition) is 4. The normalized spacial score (nSPS) is 31.8. The average molecular weight is 284 g/mol. The Balaban J connectivity index is 1.84. The summed E-state index contributed by atoms with van der Waals surface area (Å²) < 4.78 is 11.1. The molecule has 2 unspecified atom stereocenters. The number of methoxy groups -OCH3 is 1. The Hall–Kier alpha value is -0.160. The minimum atomic E-state index is 0.329. The minimum absolute atomic E-state index is 0.329. The molecule has 0 aromatic heterocycles. The first-order chi connectivity index (χ1) is 9.78. The van der Waals surface area contributed by atoms with Gasteiger partial charge in [0.25, 0.3) is 0 Å². The fourth-order valence-electron chi connectivity index (χ4n) is 3.66. The molecule has 0 radical (unpaired) electrons. The van der Waals surface area contributed by atoms with Crippen molar-refractivity contribution >= 4 is 0 Å². The minimum Gasteiger partial charge on any atom is -0.384 e. The van der Waals surface area contributed by atoms with E-state index in [1.807, 2.05) is 7.11 Å². The lowest BCUT2D eigenvalue weighted by molar-refractivity contribution is -0.0237. The highest BCUT2D eigenvalue weighted by Crippen LogP contribution is 2.31. The monoisotopic (exact) mass is 284 g/mol. The summed E-state index contributed by atoms with van der Waals surface area (Å²) in [7, 11) is 1.81. The third kappa shape index (κ3) is 4.69. The number of ether oxygens (including phenoxy) is 2. The van der Waals surface area contributed by atoms with E-state index < -0.39 is 0 Å². The van der Waals surface area contributed by atoms with Crippen LogP contribution in [0.2, 0.25) is 0 Å². The van der Waals surface area contributed by atoms with Crippen LogP contribution in [0.1, 0.15) is 32.6 Å². The van der Waals surface area contributed by atoms with Crippen molar-refractivity contribution in [3.63, 3.8) is 0 Å². The third-order valence-electron chi connectivity index (χ3n) is 4.66. The Bertz CT molecular complexity index is 267. The maximum Gasteiger partial charge on any atom is 0.0546 e. The predicted octanol–water partition coefficient (Wildman–Crippen LogP) is 1.75. The van der Waals surface area contributed by atoms with Crippen molar-refractivity contribution in [3.05, 3.63) is 0 Å². The van der Waals surface area contributed by atoms with Crippen molar-refractivity contribution in [2.75, 3.05) is 59.7 Å². The number of nitrogens with one attached hydrogen (secondary N) is 1. The maximum absolute atomic E-state index is 5.81. The number of likely N-dealkylation sites (tertiary alicyclic amines) is 1. The van der Waals surface area contributed by atoms with Crippen LogP contribution in [-0.4, -0.2) is 64.6 Å². The lowest BCUT2D eigenvalue weighted by atomic mass is 9.81. The van der Waals surface area contributed by atoms with Crippen molar-refractivity contribution in [3.8, 4) is 0 Å². The number of nitrogens with zero attached hydrogens (tertiary/aromatic N) is 1. The molecule has 0 amide bonds. The molecular weight excluding hydrogens is 252 g/mol. The van der Waals surface area contributed by atoms with Crippen LogP contribution in [0, 0.1) is 11.3 Å². The molecule has 4 heteroatoms. The second kappa shape index (κ2) is 8.32. The molecule has 2 fully saturated rings. The standard InChI is InChI=1S/C16H32N2O2/c1-3-7-17-12-16(6-4-9-20-14-16)13-18-8-5-15(10-18)11-19-2/h15,17H,3-14H2,1-2H3. The van der Waals surface area contributed by atoms with Crippen LogP contribution in [0.4, 0.5) is 0 Å². The number of hydrogen-bond donors (Lipinski definition) is 1. The van der Waals surface area contributed by atoms with Gasteiger partial charge < -0.3 is 19.7 Å². The summed E-state index contributed by atoms with van der Waals surface area (Å²) in [6.07, 6.45) is 5.00. The Morgan fingerprint density at radius 3 is 3.05 bits per heavy atom. The van der Waals surface area contributed by atoms with Crippen LogP contribution in [0.15, 0.2) is 0 Å². The highest BCUT2D eigenvalue weighted by Gasteiger charge is 2.36. The van der Waals surface area contributed by atoms with Gasteiger partial charge in [0.15, 0.2) is 0 Å². The van der Waals surface area contributed by atoms with Gasteiger partial charge in [-0.15, -0.1) is 0 Å². The Labute approximate surface area is 124 Å². The molecule has 20 heavy (non-hydrogen) atoms. The van der Waals surface area contributed by atoms with Crippen LogP contribution < -0.4 is 5.32 Å². The summed E-state index contributed by atoms with van der Waals surface area (Å²) in [6, 6.07) is 0. The first-order valence-corrected chi connectivity index (χ1v) is 8.28. The second-order valence-electron chi connectivity index (χ2n) is 6.68. The van der Waals surface area contributed by atoms with Crippen molar-refractivity contribution in [1.29, 1.82) is 0 Å². The zero-order chi connectivity index (χ0) is 14.3. The molecule has 1 N–H and O–H groups in total. The lowest BCUT2D eigenvalue weighted by Crippen LogP contribution is -2.48. The van der Waals surface area contributed by atoms with Gasteiger partial charge in [0.1, 0.15) is 0 Å². The predicted molar refractivity (Wildman–Crippen MR) is 82.1 cm³/mol. The van der Waals surface area contributed by atoms with E-state index in [1.54, 1.807) is 0 Å². The summed E-state index contributed by atoms with van der Waals surface area (Å²) >= 11 is 0. The Kier molecular flexibility index (Phi) is 6.75. The Morgan fingerprint density at radius 1 is 1.45 bits per heavy atom. The van der Waals surface area contributed by atoms with Gasteiger partial charge in [-0.05, 0) is 44.7 Å². The lowest BCUT2D eigenvalue weighted by Gasteiger charge is -2.40. The van der Waals surface area contributed by atoms with E-state index in [1.165, 1.54) is 45.3 Å². The molecule has 2 heterocycles. The van der Waals surface area contributed by atoms with Gasteiger partial charge in [-0.2, -0.15) is 0 Å². The van der Waals surface area contributed by atoms with E-state index >= 15 is 0 Å². The maximum atomic E-state index is 5.81. The van der Waals surface area contributed by atoms with Crippen molar-refractivity contribution in [1.82, 2.24) is 10.2 Å². The van der Waals surface area contributed by atoms with Crippen LogP contribution in [0.3, 0.4) is 0 Å². The Morgan fingerprint density at radius 2 is 2.35 bits per heavy atom. The van der Waals surface area contributed by atoms with Gasteiger partial charge in [-0.1, -0.05) is 6.92 Å². The first kappa shape index (κ1) is 16.2. The van der Waals surface area contributed by atoms with E-state index in [9.17, 15) is 0 Å². The molecule has 2 aliphatic heterocycles. The van der Waals surface area contributed by atoms with E-state index in [0.29, 0.717) is 5.41 Å². The molecule has 0 aromatic carbocycles. The van der Waals surface area contributed by atoms with Crippen molar-refractivity contribution in [2.45, 2.75) is 32.6 Å². The molecule has 2 atom stereocenters. The van der Waals surface area contributed by atoms with Gasteiger partial charge >= 0.3 is 0 Å². The van der Waals surface area contributed by atoms with Crippen LogP contribution in [0.25, 0.3) is 0 Å². The second-order valence-corrected chi connectivity index (χ2v) is 6.68. The largest absolute Gasteiger partial charge is 0.384 e. The molecule has 118 valence electrons. The zero-order valence-electron chi connectivity index (χ0n) is 13.3. The van der Waals surface area contributed by atoms with E-state index in [0.717, 1.165) is 38.8 Å². The van der Waals surface area contributed by atoms with Crippen LogP contribution in [-0.2, 0) is 9.47 Å².